The fourth-order valence-electron chi connectivity index (χ4n) is 1.25. The Morgan fingerprint density at radius 3 is 2.69 bits per heavy atom. The predicted octanol–water partition coefficient (Wildman–Crippen LogP) is 0.0567. The molecule has 1 aliphatic rings. The summed E-state index contributed by atoms with van der Waals surface area (Å²) in [6.07, 6.45) is -0.654. The van der Waals surface area contributed by atoms with Crippen molar-refractivity contribution in [2.75, 3.05) is 5.75 Å². The Hall–Kier alpha value is -0.620. The van der Waals surface area contributed by atoms with Gasteiger partial charge in [-0.1, -0.05) is 6.92 Å². The Bertz CT molecular complexity index is 294. The Kier molecular flexibility index (Phi) is 2.92. The molecule has 0 saturated carbocycles. The first-order valence-electron chi connectivity index (χ1n) is 4.03. The standard InChI is InChI=1S/C7H12O5S/c1-3-6-7(11-5(2)8)4-13(9,10)12-6/h6-7H,3-4H2,1-2H3. The molecule has 76 valence electrons. The van der Waals surface area contributed by atoms with Crippen LogP contribution in [-0.2, 0) is 23.8 Å². The average molecular weight is 208 g/mol. The van der Waals surface area contributed by atoms with Crippen LogP contribution in [0.25, 0.3) is 0 Å². The molecule has 1 saturated heterocycles. The van der Waals surface area contributed by atoms with Crippen LogP contribution in [0.15, 0.2) is 0 Å². The number of rotatable bonds is 2. The molecule has 0 bridgehead atoms. The lowest BCUT2D eigenvalue weighted by Gasteiger charge is -2.13. The summed E-state index contributed by atoms with van der Waals surface area (Å²) in [5.74, 6) is -0.713. The molecule has 0 spiro atoms. The Balaban J connectivity index is 2.69. The molecule has 0 aromatic carbocycles. The lowest BCUT2D eigenvalue weighted by Crippen LogP contribution is -2.27. The molecule has 1 heterocycles. The number of ether oxygens (including phenoxy) is 1. The van der Waals surface area contributed by atoms with Gasteiger partial charge in [-0.15, -0.1) is 0 Å². The number of carbonyl (C=O) groups excluding carboxylic acids is 1. The zero-order valence-electron chi connectivity index (χ0n) is 7.52. The highest BCUT2D eigenvalue weighted by molar-refractivity contribution is 7.87. The Labute approximate surface area is 77.1 Å². The number of hydrogen-bond acceptors (Lipinski definition) is 5. The van der Waals surface area contributed by atoms with E-state index in [1.54, 1.807) is 6.92 Å². The largest absolute Gasteiger partial charge is 0.459 e. The van der Waals surface area contributed by atoms with E-state index >= 15 is 0 Å². The summed E-state index contributed by atoms with van der Waals surface area (Å²) in [5, 5.41) is 0. The Morgan fingerprint density at radius 2 is 2.23 bits per heavy atom. The summed E-state index contributed by atoms with van der Waals surface area (Å²) < 4.78 is 31.5. The first-order chi connectivity index (χ1) is 5.94. The zero-order chi connectivity index (χ0) is 10.1. The van der Waals surface area contributed by atoms with Crippen molar-refractivity contribution in [3.05, 3.63) is 0 Å². The highest BCUT2D eigenvalue weighted by atomic mass is 32.2. The topological polar surface area (TPSA) is 69.7 Å². The van der Waals surface area contributed by atoms with Gasteiger partial charge in [-0.3, -0.25) is 8.98 Å². The zero-order valence-corrected chi connectivity index (χ0v) is 8.33. The second kappa shape index (κ2) is 3.63. The van der Waals surface area contributed by atoms with Gasteiger partial charge in [-0.05, 0) is 6.42 Å². The van der Waals surface area contributed by atoms with Gasteiger partial charge >= 0.3 is 5.97 Å². The fourth-order valence-corrected chi connectivity index (χ4v) is 2.65. The highest BCUT2D eigenvalue weighted by Gasteiger charge is 2.39. The minimum absolute atomic E-state index is 0.231. The molecule has 6 heteroatoms. The molecular weight excluding hydrogens is 196 g/mol. The van der Waals surface area contributed by atoms with Crippen LogP contribution in [0.1, 0.15) is 20.3 Å². The van der Waals surface area contributed by atoms with Crippen molar-refractivity contribution in [3.63, 3.8) is 0 Å². The minimum atomic E-state index is -3.48. The van der Waals surface area contributed by atoms with E-state index in [1.807, 2.05) is 0 Å². The van der Waals surface area contributed by atoms with Crippen LogP contribution in [0.5, 0.6) is 0 Å². The van der Waals surface area contributed by atoms with Crippen molar-refractivity contribution in [3.8, 4) is 0 Å². The molecule has 2 unspecified atom stereocenters. The minimum Gasteiger partial charge on any atom is -0.459 e. The average Bonchev–Trinajstić information content (AvgIpc) is 2.24. The molecule has 0 radical (unpaired) electrons. The van der Waals surface area contributed by atoms with Gasteiger partial charge < -0.3 is 4.74 Å². The molecule has 13 heavy (non-hydrogen) atoms. The van der Waals surface area contributed by atoms with Crippen LogP contribution in [-0.4, -0.2) is 32.3 Å². The molecule has 5 nitrogen and oxygen atoms in total. The van der Waals surface area contributed by atoms with Crippen molar-refractivity contribution < 1.29 is 22.1 Å². The SMILES string of the molecule is CCC1OS(=O)(=O)CC1OC(C)=O. The monoisotopic (exact) mass is 208 g/mol. The van der Waals surface area contributed by atoms with Crippen LogP contribution >= 0.6 is 0 Å². The molecule has 2 atom stereocenters. The van der Waals surface area contributed by atoms with Crippen LogP contribution in [0.4, 0.5) is 0 Å². The van der Waals surface area contributed by atoms with Gasteiger partial charge in [0.1, 0.15) is 18.0 Å². The maximum atomic E-state index is 11.0. The van der Waals surface area contributed by atoms with Gasteiger partial charge in [0.15, 0.2) is 0 Å². The number of hydrogen-bond donors (Lipinski definition) is 0. The van der Waals surface area contributed by atoms with E-state index in [9.17, 15) is 13.2 Å². The van der Waals surface area contributed by atoms with E-state index in [1.165, 1.54) is 6.92 Å². The summed E-state index contributed by atoms with van der Waals surface area (Å²) in [7, 11) is -3.48. The van der Waals surface area contributed by atoms with Gasteiger partial charge in [0.2, 0.25) is 0 Å². The van der Waals surface area contributed by atoms with Gasteiger partial charge in [-0.25, -0.2) is 0 Å². The maximum absolute atomic E-state index is 11.0. The molecule has 0 amide bonds. The third-order valence-corrected chi connectivity index (χ3v) is 3.05. The van der Waals surface area contributed by atoms with E-state index < -0.39 is 28.3 Å². The smallest absolute Gasteiger partial charge is 0.303 e. The molecule has 1 fully saturated rings. The number of carbonyl (C=O) groups is 1. The molecule has 0 aromatic heterocycles. The first-order valence-corrected chi connectivity index (χ1v) is 5.60. The second-order valence-electron chi connectivity index (χ2n) is 2.92. The quantitative estimate of drug-likeness (QED) is 0.474. The third-order valence-electron chi connectivity index (χ3n) is 1.77. The van der Waals surface area contributed by atoms with Gasteiger partial charge in [0.25, 0.3) is 10.1 Å². The molecule has 1 aliphatic heterocycles. The van der Waals surface area contributed by atoms with E-state index in [2.05, 4.69) is 0 Å². The summed E-state index contributed by atoms with van der Waals surface area (Å²) >= 11 is 0. The van der Waals surface area contributed by atoms with Gasteiger partial charge in [-0.2, -0.15) is 8.42 Å². The lowest BCUT2D eigenvalue weighted by atomic mass is 10.2. The van der Waals surface area contributed by atoms with E-state index in [4.69, 9.17) is 8.92 Å². The van der Waals surface area contributed by atoms with Crippen molar-refractivity contribution >= 4 is 16.1 Å². The second-order valence-corrected chi connectivity index (χ2v) is 4.56. The third kappa shape index (κ3) is 2.67. The first kappa shape index (κ1) is 10.5. The lowest BCUT2D eigenvalue weighted by molar-refractivity contribution is -0.148. The molecule has 0 aliphatic carbocycles. The molecule has 1 rings (SSSR count). The molecule has 0 aromatic rings. The van der Waals surface area contributed by atoms with Crippen LogP contribution in [0.3, 0.4) is 0 Å². The number of esters is 1. The van der Waals surface area contributed by atoms with Gasteiger partial charge in [0.05, 0.1) is 0 Å². The fraction of sp³-hybridized carbons (Fsp3) is 0.857. The van der Waals surface area contributed by atoms with Crippen LogP contribution in [0, 0.1) is 0 Å². The van der Waals surface area contributed by atoms with E-state index in [0.717, 1.165) is 0 Å². The van der Waals surface area contributed by atoms with Crippen LogP contribution in [0.2, 0.25) is 0 Å². The normalized spacial score (nSPS) is 31.5. The summed E-state index contributed by atoms with van der Waals surface area (Å²) in [6, 6.07) is 0. The summed E-state index contributed by atoms with van der Waals surface area (Å²) in [4.78, 5) is 10.6. The predicted molar refractivity (Wildman–Crippen MR) is 44.5 cm³/mol. The van der Waals surface area contributed by atoms with Crippen molar-refractivity contribution in [2.45, 2.75) is 32.5 Å². The summed E-state index contributed by atoms with van der Waals surface area (Å²) in [6.45, 7) is 3.03. The van der Waals surface area contributed by atoms with Gasteiger partial charge in [0, 0.05) is 6.92 Å². The summed E-state index contributed by atoms with van der Waals surface area (Å²) in [5.41, 5.74) is 0. The van der Waals surface area contributed by atoms with E-state index in [-0.39, 0.29) is 5.75 Å². The van der Waals surface area contributed by atoms with E-state index in [0.29, 0.717) is 6.42 Å². The van der Waals surface area contributed by atoms with Crippen LogP contribution < -0.4 is 0 Å². The Morgan fingerprint density at radius 1 is 1.62 bits per heavy atom. The molecule has 0 N–H and O–H groups in total. The maximum Gasteiger partial charge on any atom is 0.303 e. The highest BCUT2D eigenvalue weighted by Crippen LogP contribution is 2.21. The van der Waals surface area contributed by atoms with Crippen molar-refractivity contribution in [1.29, 1.82) is 0 Å². The van der Waals surface area contributed by atoms with Crippen molar-refractivity contribution in [2.24, 2.45) is 0 Å². The molecular formula is C7H12O5S. The van der Waals surface area contributed by atoms with Crippen molar-refractivity contribution in [1.82, 2.24) is 0 Å².